The predicted molar refractivity (Wildman–Crippen MR) is 77.9 cm³/mol. The molecule has 0 spiro atoms. The van der Waals surface area contributed by atoms with Crippen LogP contribution in [0.1, 0.15) is 32.3 Å². The molecule has 0 aliphatic carbocycles. The zero-order valence-corrected chi connectivity index (χ0v) is 12.3. The maximum atomic E-state index is 11.7. The summed E-state index contributed by atoms with van der Waals surface area (Å²) < 4.78 is 0. The number of amides is 2. The van der Waals surface area contributed by atoms with Crippen LogP contribution in [-0.4, -0.2) is 23.7 Å². The van der Waals surface area contributed by atoms with Crippen LogP contribution in [0.4, 0.5) is 4.79 Å². The Morgan fingerprint density at radius 1 is 1.25 bits per heavy atom. The maximum Gasteiger partial charge on any atom is 0.315 e. The highest BCUT2D eigenvalue weighted by Crippen LogP contribution is 2.21. The number of carbonyl (C=O) groups is 2. The van der Waals surface area contributed by atoms with Crippen LogP contribution >= 0.6 is 11.6 Å². The van der Waals surface area contributed by atoms with Crippen LogP contribution in [0.15, 0.2) is 24.3 Å². The van der Waals surface area contributed by atoms with Crippen LogP contribution in [0.3, 0.4) is 0 Å². The molecule has 2 amide bonds. The summed E-state index contributed by atoms with van der Waals surface area (Å²) in [7, 11) is 0. The summed E-state index contributed by atoms with van der Waals surface area (Å²) in [4.78, 5) is 22.1. The van der Waals surface area contributed by atoms with Crippen LogP contribution in [0.2, 0.25) is 5.02 Å². The molecule has 0 saturated heterocycles. The Hall–Kier alpha value is -1.75. The molecule has 1 rings (SSSR count). The lowest BCUT2D eigenvalue weighted by Gasteiger charge is -2.27. The van der Waals surface area contributed by atoms with Crippen molar-refractivity contribution in [1.29, 1.82) is 0 Å². The number of carboxylic acid groups (broad SMARTS) is 1. The molecule has 110 valence electrons. The third kappa shape index (κ3) is 5.48. The molecular weight excluding hydrogens is 280 g/mol. The minimum atomic E-state index is -0.867. The van der Waals surface area contributed by atoms with Gasteiger partial charge in [-0.3, -0.25) is 4.79 Å². The van der Waals surface area contributed by atoms with E-state index in [0.29, 0.717) is 18.0 Å². The number of carboxylic acids is 1. The number of hydrogen-bond acceptors (Lipinski definition) is 2. The fourth-order valence-electron chi connectivity index (χ4n) is 1.71. The smallest absolute Gasteiger partial charge is 0.315 e. The van der Waals surface area contributed by atoms with Crippen molar-refractivity contribution in [2.24, 2.45) is 0 Å². The molecule has 0 radical (unpaired) electrons. The van der Waals surface area contributed by atoms with E-state index in [1.807, 2.05) is 26.0 Å². The fraction of sp³-hybridized carbons (Fsp3) is 0.429. The van der Waals surface area contributed by atoms with E-state index in [0.717, 1.165) is 5.56 Å². The van der Waals surface area contributed by atoms with E-state index in [-0.39, 0.29) is 12.5 Å². The fourth-order valence-corrected chi connectivity index (χ4v) is 1.83. The predicted octanol–water partition coefficient (Wildman–Crippen LogP) is 2.74. The Kier molecular flexibility index (Phi) is 5.82. The molecule has 20 heavy (non-hydrogen) atoms. The van der Waals surface area contributed by atoms with Gasteiger partial charge in [-0.1, -0.05) is 23.7 Å². The highest BCUT2D eigenvalue weighted by atomic mass is 35.5. The van der Waals surface area contributed by atoms with Crippen molar-refractivity contribution in [2.45, 2.75) is 32.2 Å². The zero-order chi connectivity index (χ0) is 15.2. The van der Waals surface area contributed by atoms with Gasteiger partial charge in [-0.15, -0.1) is 0 Å². The Morgan fingerprint density at radius 2 is 1.85 bits per heavy atom. The summed E-state index contributed by atoms with van der Waals surface area (Å²) in [6.07, 6.45) is 0.449. The molecule has 0 heterocycles. The Balaban J connectivity index is 2.47. The van der Waals surface area contributed by atoms with Gasteiger partial charge >= 0.3 is 12.0 Å². The number of halogens is 1. The summed E-state index contributed by atoms with van der Waals surface area (Å²) >= 11 is 5.83. The molecule has 3 N–H and O–H groups in total. The number of carbonyl (C=O) groups excluding carboxylic acids is 1. The maximum absolute atomic E-state index is 11.7. The van der Waals surface area contributed by atoms with Crippen molar-refractivity contribution in [3.8, 4) is 0 Å². The van der Waals surface area contributed by atoms with E-state index in [1.54, 1.807) is 12.1 Å². The van der Waals surface area contributed by atoms with Crippen LogP contribution in [0, 0.1) is 0 Å². The molecule has 0 aromatic heterocycles. The van der Waals surface area contributed by atoms with E-state index < -0.39 is 11.5 Å². The van der Waals surface area contributed by atoms with E-state index in [4.69, 9.17) is 16.7 Å². The quantitative estimate of drug-likeness (QED) is 0.707. The summed E-state index contributed by atoms with van der Waals surface area (Å²) in [5, 5.41) is 14.6. The average molecular weight is 299 g/mol. The molecule has 6 heteroatoms. The number of rotatable bonds is 6. The minimum Gasteiger partial charge on any atom is -0.481 e. The lowest BCUT2D eigenvalue weighted by molar-refractivity contribution is -0.137. The number of urea groups is 1. The molecule has 0 aliphatic heterocycles. The number of hydrogen-bond donors (Lipinski definition) is 3. The third-order valence-corrected chi connectivity index (χ3v) is 3.10. The highest BCUT2D eigenvalue weighted by molar-refractivity contribution is 6.30. The molecule has 1 aromatic rings. The number of aliphatic carboxylic acids is 1. The summed E-state index contributed by atoms with van der Waals surface area (Å²) in [6, 6.07) is 6.92. The topological polar surface area (TPSA) is 78.4 Å². The molecular formula is C14H19ClN2O3. The van der Waals surface area contributed by atoms with Crippen molar-refractivity contribution in [2.75, 3.05) is 6.54 Å². The SMILES string of the molecule is CC(C)(NC(=O)NCCCC(=O)O)c1ccc(Cl)cc1. The van der Waals surface area contributed by atoms with Crippen molar-refractivity contribution >= 4 is 23.6 Å². The van der Waals surface area contributed by atoms with Gasteiger partial charge in [-0.25, -0.2) is 4.79 Å². The average Bonchev–Trinajstić information content (AvgIpc) is 2.34. The van der Waals surface area contributed by atoms with Gasteiger partial charge in [0.1, 0.15) is 0 Å². The second-order valence-electron chi connectivity index (χ2n) is 5.01. The van der Waals surface area contributed by atoms with Crippen molar-refractivity contribution in [3.05, 3.63) is 34.9 Å². The zero-order valence-electron chi connectivity index (χ0n) is 11.6. The Bertz CT molecular complexity index is 472. The van der Waals surface area contributed by atoms with Gasteiger partial charge in [0.25, 0.3) is 0 Å². The van der Waals surface area contributed by atoms with Crippen molar-refractivity contribution in [3.63, 3.8) is 0 Å². The first-order valence-electron chi connectivity index (χ1n) is 6.35. The molecule has 0 aliphatic rings. The Morgan fingerprint density at radius 3 is 2.40 bits per heavy atom. The normalized spacial score (nSPS) is 10.9. The number of nitrogens with one attached hydrogen (secondary N) is 2. The lowest BCUT2D eigenvalue weighted by atomic mass is 9.94. The van der Waals surface area contributed by atoms with Crippen LogP contribution in [-0.2, 0) is 10.3 Å². The van der Waals surface area contributed by atoms with Gasteiger partial charge in [-0.05, 0) is 38.0 Å². The standard InChI is InChI=1S/C14H19ClN2O3/c1-14(2,10-5-7-11(15)8-6-10)17-13(20)16-9-3-4-12(18)19/h5-8H,3-4,9H2,1-2H3,(H,18,19)(H2,16,17,20). The van der Waals surface area contributed by atoms with Crippen LogP contribution in [0.5, 0.6) is 0 Å². The van der Waals surface area contributed by atoms with Gasteiger partial charge in [0.2, 0.25) is 0 Å². The van der Waals surface area contributed by atoms with Gasteiger partial charge in [0.05, 0.1) is 5.54 Å². The van der Waals surface area contributed by atoms with Crippen LogP contribution < -0.4 is 10.6 Å². The van der Waals surface area contributed by atoms with E-state index in [9.17, 15) is 9.59 Å². The first-order chi connectivity index (χ1) is 9.31. The summed E-state index contributed by atoms with van der Waals surface area (Å²) in [6.45, 7) is 4.09. The first kappa shape index (κ1) is 16.3. The summed E-state index contributed by atoms with van der Waals surface area (Å²) in [5.74, 6) is -0.867. The highest BCUT2D eigenvalue weighted by Gasteiger charge is 2.22. The summed E-state index contributed by atoms with van der Waals surface area (Å²) in [5.41, 5.74) is 0.393. The monoisotopic (exact) mass is 298 g/mol. The first-order valence-corrected chi connectivity index (χ1v) is 6.73. The van der Waals surface area contributed by atoms with E-state index in [2.05, 4.69) is 10.6 Å². The number of benzene rings is 1. The third-order valence-electron chi connectivity index (χ3n) is 2.84. The molecule has 0 fully saturated rings. The largest absolute Gasteiger partial charge is 0.481 e. The van der Waals surface area contributed by atoms with E-state index >= 15 is 0 Å². The lowest BCUT2D eigenvalue weighted by Crippen LogP contribution is -2.46. The molecule has 0 unspecified atom stereocenters. The second-order valence-corrected chi connectivity index (χ2v) is 5.45. The van der Waals surface area contributed by atoms with Crippen LogP contribution in [0.25, 0.3) is 0 Å². The van der Waals surface area contributed by atoms with Gasteiger partial charge in [0, 0.05) is 18.0 Å². The molecule has 0 saturated carbocycles. The molecule has 0 atom stereocenters. The minimum absolute atomic E-state index is 0.0425. The van der Waals surface area contributed by atoms with Gasteiger partial charge in [0.15, 0.2) is 0 Å². The second kappa shape index (κ2) is 7.14. The van der Waals surface area contributed by atoms with Crippen molar-refractivity contribution < 1.29 is 14.7 Å². The Labute approximate surface area is 123 Å². The molecule has 5 nitrogen and oxygen atoms in total. The van der Waals surface area contributed by atoms with E-state index in [1.165, 1.54) is 0 Å². The molecule has 0 bridgehead atoms. The molecule has 1 aromatic carbocycles. The van der Waals surface area contributed by atoms with Gasteiger partial charge < -0.3 is 15.7 Å². The van der Waals surface area contributed by atoms with Crippen molar-refractivity contribution in [1.82, 2.24) is 10.6 Å². The van der Waals surface area contributed by atoms with Gasteiger partial charge in [-0.2, -0.15) is 0 Å².